The van der Waals surface area contributed by atoms with Crippen LogP contribution in [0.4, 0.5) is 13.6 Å². The van der Waals surface area contributed by atoms with Crippen LogP contribution < -0.4 is 5.32 Å². The van der Waals surface area contributed by atoms with E-state index in [1.165, 1.54) is 0 Å². The van der Waals surface area contributed by atoms with Gasteiger partial charge in [0.25, 0.3) is 5.92 Å². The van der Waals surface area contributed by atoms with Crippen molar-refractivity contribution in [3.63, 3.8) is 0 Å². The van der Waals surface area contributed by atoms with Crippen molar-refractivity contribution in [3.05, 3.63) is 33.8 Å². The van der Waals surface area contributed by atoms with E-state index in [0.717, 1.165) is 9.80 Å². The Balaban J connectivity index is 1.69. The van der Waals surface area contributed by atoms with Crippen molar-refractivity contribution in [1.82, 2.24) is 15.1 Å². The van der Waals surface area contributed by atoms with E-state index in [4.69, 9.17) is 28.6 Å². The number of hydrogen-bond donors (Lipinski definition) is 2. The monoisotopic (exact) mass is 432 g/mol. The van der Waals surface area contributed by atoms with Crippen LogP contribution in [0.3, 0.4) is 0 Å². The van der Waals surface area contributed by atoms with E-state index in [1.807, 2.05) is 0 Å². The Bertz CT molecular complexity index is 806. The lowest BCUT2D eigenvalue weighted by Crippen LogP contribution is -2.57. The Hall–Kier alpha value is -1.93. The third-order valence-electron chi connectivity index (χ3n) is 4.91. The van der Waals surface area contributed by atoms with Gasteiger partial charge in [-0.05, 0) is 30.5 Å². The van der Waals surface area contributed by atoms with Crippen LogP contribution in [-0.4, -0.2) is 52.6 Å². The van der Waals surface area contributed by atoms with Gasteiger partial charge in [-0.1, -0.05) is 29.3 Å². The van der Waals surface area contributed by atoms with Gasteiger partial charge >= 0.3 is 6.03 Å². The van der Waals surface area contributed by atoms with Gasteiger partial charge in [-0.2, -0.15) is 0 Å². The smallest absolute Gasteiger partial charge is 0.323 e. The van der Waals surface area contributed by atoms with Gasteiger partial charge in [0.1, 0.15) is 11.9 Å². The van der Waals surface area contributed by atoms with Crippen molar-refractivity contribution >= 4 is 41.0 Å². The largest absolute Gasteiger partial charge is 0.335 e. The van der Waals surface area contributed by atoms with Crippen molar-refractivity contribution in [2.45, 2.75) is 44.2 Å². The molecule has 1 unspecified atom stereocenters. The topological polar surface area (TPSA) is 76.5 Å². The van der Waals surface area contributed by atoms with E-state index in [-0.39, 0.29) is 25.3 Å². The highest BCUT2D eigenvalue weighted by Gasteiger charge is 2.45. The summed E-state index contributed by atoms with van der Waals surface area (Å²) >= 11 is 11.8. The number of alkyl halides is 2. The van der Waals surface area contributed by atoms with Gasteiger partial charge in [-0.15, -0.1) is 0 Å². The molecule has 2 saturated heterocycles. The number of carbonyl (C=O) groups is 2. The summed E-state index contributed by atoms with van der Waals surface area (Å²) in [6.45, 7) is -0.564. The van der Waals surface area contributed by atoms with Crippen molar-refractivity contribution in [3.8, 4) is 0 Å². The summed E-state index contributed by atoms with van der Waals surface area (Å²) in [5.74, 6) is -3.44. The molecule has 0 radical (unpaired) electrons. The molecule has 152 valence electrons. The molecule has 0 spiro atoms. The zero-order chi connectivity index (χ0) is 20.5. The minimum Gasteiger partial charge on any atom is -0.335 e. The normalized spacial score (nSPS) is 21.7. The lowest BCUT2D eigenvalue weighted by Gasteiger charge is -2.36. The summed E-state index contributed by atoms with van der Waals surface area (Å²) < 4.78 is 26.9. The summed E-state index contributed by atoms with van der Waals surface area (Å²) in [6, 6.07) is 3.36. The lowest BCUT2D eigenvalue weighted by molar-refractivity contribution is -0.136. The number of urea groups is 1. The molecule has 1 aromatic rings. The third-order valence-corrected chi connectivity index (χ3v) is 5.65. The number of nitrogens with one attached hydrogen (secondary N) is 2. The number of nitrogens with zero attached hydrogens (tertiary/aromatic N) is 2. The first-order valence-corrected chi connectivity index (χ1v) is 9.68. The van der Waals surface area contributed by atoms with Crippen LogP contribution in [0.1, 0.15) is 31.2 Å². The van der Waals surface area contributed by atoms with E-state index in [2.05, 4.69) is 5.32 Å². The van der Waals surface area contributed by atoms with Gasteiger partial charge in [-0.3, -0.25) is 15.1 Å². The van der Waals surface area contributed by atoms with E-state index in [0.29, 0.717) is 34.9 Å². The second-order valence-electron chi connectivity index (χ2n) is 7.00. The third kappa shape index (κ3) is 4.55. The Morgan fingerprint density at radius 2 is 2.04 bits per heavy atom. The Kier molecular flexibility index (Phi) is 6.09. The molecule has 0 aromatic heterocycles. The maximum atomic E-state index is 13.5. The van der Waals surface area contributed by atoms with Crippen molar-refractivity contribution in [2.24, 2.45) is 0 Å². The number of rotatable bonds is 3. The molecule has 1 atom stereocenters. The van der Waals surface area contributed by atoms with Crippen LogP contribution in [0.25, 0.3) is 0 Å². The van der Waals surface area contributed by atoms with Gasteiger partial charge in [0.15, 0.2) is 0 Å². The van der Waals surface area contributed by atoms with Crippen LogP contribution in [0, 0.1) is 5.41 Å². The highest BCUT2D eigenvalue weighted by Crippen LogP contribution is 2.29. The van der Waals surface area contributed by atoms with Crippen LogP contribution in [0.5, 0.6) is 0 Å². The Morgan fingerprint density at radius 3 is 2.68 bits per heavy atom. The summed E-state index contributed by atoms with van der Waals surface area (Å²) in [4.78, 5) is 27.6. The molecule has 1 aromatic carbocycles. The summed E-state index contributed by atoms with van der Waals surface area (Å²) in [5.41, 5.74) is 0.702. The molecule has 2 fully saturated rings. The summed E-state index contributed by atoms with van der Waals surface area (Å²) in [5, 5.41) is 11.5. The molecular weight excluding hydrogens is 413 g/mol. The van der Waals surface area contributed by atoms with E-state index < -0.39 is 30.4 Å². The maximum Gasteiger partial charge on any atom is 0.323 e. The first kappa shape index (κ1) is 20.8. The number of likely N-dealkylation sites (tertiary alicyclic amines) is 2. The Labute approximate surface area is 171 Å². The molecule has 6 nitrogen and oxygen atoms in total. The van der Waals surface area contributed by atoms with E-state index >= 15 is 0 Å². The minimum atomic E-state index is -2.90. The molecule has 3 rings (SSSR count). The first-order chi connectivity index (χ1) is 13.2. The second kappa shape index (κ2) is 8.21. The molecule has 2 aliphatic rings. The zero-order valence-corrected chi connectivity index (χ0v) is 16.5. The number of hydrogen-bond acceptors (Lipinski definition) is 3. The predicted octanol–water partition coefficient (Wildman–Crippen LogP) is 3.90. The predicted molar refractivity (Wildman–Crippen MR) is 102 cm³/mol. The average molecular weight is 433 g/mol. The quantitative estimate of drug-likeness (QED) is 0.759. The summed E-state index contributed by atoms with van der Waals surface area (Å²) in [7, 11) is 0. The average Bonchev–Trinajstić information content (AvgIpc) is 3.01. The highest BCUT2D eigenvalue weighted by atomic mass is 35.5. The minimum absolute atomic E-state index is 0.00203. The molecule has 0 aliphatic carbocycles. The van der Waals surface area contributed by atoms with Gasteiger partial charge in [0.05, 0.1) is 16.6 Å². The fourth-order valence-corrected chi connectivity index (χ4v) is 3.77. The maximum absolute atomic E-state index is 13.5. The van der Waals surface area contributed by atoms with E-state index in [9.17, 15) is 18.4 Å². The number of amides is 3. The van der Waals surface area contributed by atoms with Crippen LogP contribution in [0.2, 0.25) is 10.0 Å². The van der Waals surface area contributed by atoms with Crippen molar-refractivity contribution in [1.29, 1.82) is 5.41 Å². The zero-order valence-electron chi connectivity index (χ0n) is 15.0. The highest BCUT2D eigenvalue weighted by molar-refractivity contribution is 6.42. The molecular formula is C18H20Cl2F2N4O2. The standard InChI is InChI=1S/C18H20Cl2F2N4O2/c19-12-5-4-11(8-13(12)20)9-24-17(28)26-14(2-1-3-15(26)23)16(27)25-7-6-18(21,22)10-25/h4-5,8,14,23H,1-3,6-7,9-10H2,(H,24,28). The summed E-state index contributed by atoms with van der Waals surface area (Å²) in [6.07, 6.45) is 0.853. The van der Waals surface area contributed by atoms with Gasteiger partial charge in [0, 0.05) is 25.9 Å². The van der Waals surface area contributed by atoms with Gasteiger partial charge < -0.3 is 10.2 Å². The number of amidine groups is 1. The van der Waals surface area contributed by atoms with Crippen LogP contribution >= 0.6 is 23.2 Å². The van der Waals surface area contributed by atoms with Gasteiger partial charge in [0.2, 0.25) is 5.91 Å². The molecule has 0 bridgehead atoms. The van der Waals surface area contributed by atoms with Crippen molar-refractivity contribution < 1.29 is 18.4 Å². The van der Waals surface area contributed by atoms with Gasteiger partial charge in [-0.25, -0.2) is 13.6 Å². The molecule has 2 aliphatic heterocycles. The van der Waals surface area contributed by atoms with Crippen LogP contribution in [-0.2, 0) is 11.3 Å². The van der Waals surface area contributed by atoms with E-state index in [1.54, 1.807) is 18.2 Å². The SMILES string of the molecule is N=C1CCCC(C(=O)N2CCC(F)(F)C2)N1C(=O)NCc1ccc(Cl)c(Cl)c1. The molecule has 2 heterocycles. The molecule has 0 saturated carbocycles. The molecule has 28 heavy (non-hydrogen) atoms. The molecule has 10 heteroatoms. The lowest BCUT2D eigenvalue weighted by atomic mass is 10.0. The number of halogens is 4. The molecule has 2 N–H and O–H groups in total. The second-order valence-corrected chi connectivity index (χ2v) is 7.81. The van der Waals surface area contributed by atoms with Crippen LogP contribution in [0.15, 0.2) is 18.2 Å². The number of carbonyl (C=O) groups excluding carboxylic acids is 2. The first-order valence-electron chi connectivity index (χ1n) is 8.93. The Morgan fingerprint density at radius 1 is 1.29 bits per heavy atom. The fourth-order valence-electron chi connectivity index (χ4n) is 3.45. The fraction of sp³-hybridized carbons (Fsp3) is 0.500. The molecule has 3 amide bonds. The number of piperidine rings is 1. The van der Waals surface area contributed by atoms with Crippen molar-refractivity contribution in [2.75, 3.05) is 13.1 Å². The number of benzene rings is 1.